The van der Waals surface area contributed by atoms with Crippen LogP contribution in [-0.2, 0) is 21.4 Å². The normalized spacial score (nSPS) is 12.1. The Morgan fingerprint density at radius 3 is 2.30 bits per heavy atom. The van der Waals surface area contributed by atoms with Crippen molar-refractivity contribution in [3.63, 3.8) is 0 Å². The maximum Gasteiger partial charge on any atom is 0.253 e. The Morgan fingerprint density at radius 1 is 1.03 bits per heavy atom. The molecular weight excluding hydrogens is 442 g/mol. The van der Waals surface area contributed by atoms with E-state index in [4.69, 9.17) is 4.42 Å². The van der Waals surface area contributed by atoms with E-state index in [1.54, 1.807) is 48.5 Å². The molecule has 0 aliphatic heterocycles. The van der Waals surface area contributed by atoms with Gasteiger partial charge in [-0.2, -0.15) is 0 Å². The number of aryl methyl sites for hydroxylation is 2. The minimum Gasteiger partial charge on any atom is -0.467 e. The van der Waals surface area contributed by atoms with Crippen LogP contribution in [0, 0.1) is 13.8 Å². The highest BCUT2D eigenvalue weighted by molar-refractivity contribution is 7.92. The summed E-state index contributed by atoms with van der Waals surface area (Å²) >= 11 is 0. The Balaban J connectivity index is 1.83. The van der Waals surface area contributed by atoms with Gasteiger partial charge in [-0.1, -0.05) is 18.2 Å². The van der Waals surface area contributed by atoms with Gasteiger partial charge in [-0.15, -0.1) is 0 Å². The van der Waals surface area contributed by atoms with Crippen LogP contribution in [0.1, 0.15) is 34.2 Å². The average Bonchev–Trinajstić information content (AvgIpc) is 3.24. The molecule has 9 heteroatoms. The Morgan fingerprint density at radius 2 is 1.70 bits per heavy atom. The van der Waals surface area contributed by atoms with Crippen LogP contribution in [0.25, 0.3) is 0 Å². The molecule has 174 valence electrons. The van der Waals surface area contributed by atoms with E-state index in [1.807, 2.05) is 19.9 Å². The van der Waals surface area contributed by atoms with Crippen LogP contribution >= 0.6 is 0 Å². The minimum absolute atomic E-state index is 0.194. The summed E-state index contributed by atoms with van der Waals surface area (Å²) in [5.74, 6) is -0.370. The summed E-state index contributed by atoms with van der Waals surface area (Å²) in [7, 11) is -3.77. The fourth-order valence-corrected chi connectivity index (χ4v) is 4.75. The van der Waals surface area contributed by atoms with Crippen molar-refractivity contribution in [3.8, 4) is 0 Å². The summed E-state index contributed by atoms with van der Waals surface area (Å²) in [6.07, 6.45) is 2.57. The molecule has 1 aromatic heterocycles. The zero-order valence-electron chi connectivity index (χ0n) is 19.0. The van der Waals surface area contributed by atoms with Crippen molar-refractivity contribution >= 4 is 33.2 Å². The van der Waals surface area contributed by atoms with Crippen molar-refractivity contribution < 1.29 is 22.4 Å². The first-order valence-electron chi connectivity index (χ1n) is 10.3. The molecule has 3 aromatic rings. The number of benzene rings is 2. The van der Waals surface area contributed by atoms with E-state index in [-0.39, 0.29) is 17.8 Å². The number of sulfonamides is 1. The van der Waals surface area contributed by atoms with Gasteiger partial charge in [0.25, 0.3) is 5.91 Å². The second kappa shape index (κ2) is 9.91. The molecule has 2 amide bonds. The van der Waals surface area contributed by atoms with Gasteiger partial charge in [0.15, 0.2) is 0 Å². The number of hydrogen-bond donors (Lipinski definition) is 2. The highest BCUT2D eigenvalue weighted by Gasteiger charge is 2.30. The molecule has 0 bridgehead atoms. The third-order valence-corrected chi connectivity index (χ3v) is 6.22. The fraction of sp³-hybridized carbons (Fsp3) is 0.250. The van der Waals surface area contributed by atoms with Crippen LogP contribution in [0.3, 0.4) is 0 Å². The van der Waals surface area contributed by atoms with Crippen molar-refractivity contribution in [3.05, 3.63) is 83.3 Å². The lowest BCUT2D eigenvalue weighted by Gasteiger charge is -2.29. The summed E-state index contributed by atoms with van der Waals surface area (Å²) in [4.78, 5) is 25.8. The Kier molecular flexibility index (Phi) is 7.23. The monoisotopic (exact) mass is 469 g/mol. The van der Waals surface area contributed by atoms with E-state index in [1.165, 1.54) is 13.2 Å². The van der Waals surface area contributed by atoms with Crippen molar-refractivity contribution in [2.75, 3.05) is 15.9 Å². The highest BCUT2D eigenvalue weighted by atomic mass is 32.2. The first-order valence-corrected chi connectivity index (χ1v) is 12.2. The van der Waals surface area contributed by atoms with Crippen LogP contribution in [0.5, 0.6) is 0 Å². The first kappa shape index (κ1) is 24.1. The molecule has 2 aromatic carbocycles. The Bertz CT molecular complexity index is 1230. The molecule has 0 aliphatic rings. The topological polar surface area (TPSA) is 109 Å². The van der Waals surface area contributed by atoms with Gasteiger partial charge in [0.05, 0.1) is 36.0 Å². The molecule has 2 N–H and O–H groups in total. The van der Waals surface area contributed by atoms with E-state index >= 15 is 0 Å². The van der Waals surface area contributed by atoms with Crippen molar-refractivity contribution in [1.82, 2.24) is 5.32 Å². The first-order chi connectivity index (χ1) is 15.6. The molecule has 0 aliphatic carbocycles. The van der Waals surface area contributed by atoms with Crippen LogP contribution in [-0.4, -0.2) is 32.5 Å². The van der Waals surface area contributed by atoms with Crippen LogP contribution in [0.15, 0.2) is 65.3 Å². The molecule has 1 unspecified atom stereocenters. The summed E-state index contributed by atoms with van der Waals surface area (Å²) in [6, 6.07) is 14.3. The molecule has 1 atom stereocenters. The largest absolute Gasteiger partial charge is 0.467 e. The van der Waals surface area contributed by atoms with Crippen molar-refractivity contribution in [1.29, 1.82) is 0 Å². The molecule has 8 nitrogen and oxygen atoms in total. The number of amides is 2. The molecule has 3 rings (SSSR count). The smallest absolute Gasteiger partial charge is 0.253 e. The van der Waals surface area contributed by atoms with E-state index in [2.05, 4.69) is 10.6 Å². The Hall–Kier alpha value is -3.59. The molecule has 0 fully saturated rings. The van der Waals surface area contributed by atoms with Gasteiger partial charge in [0, 0.05) is 0 Å². The van der Waals surface area contributed by atoms with E-state index in [9.17, 15) is 18.0 Å². The lowest BCUT2D eigenvalue weighted by Crippen LogP contribution is -2.45. The number of nitrogens with one attached hydrogen (secondary N) is 2. The van der Waals surface area contributed by atoms with E-state index in [0.29, 0.717) is 11.4 Å². The van der Waals surface area contributed by atoms with Crippen molar-refractivity contribution in [2.24, 2.45) is 0 Å². The molecule has 0 saturated carbocycles. The second-order valence-electron chi connectivity index (χ2n) is 7.88. The lowest BCUT2D eigenvalue weighted by molar-refractivity contribution is -0.116. The van der Waals surface area contributed by atoms with Crippen LogP contribution in [0.2, 0.25) is 0 Å². The quantitative estimate of drug-likeness (QED) is 0.524. The van der Waals surface area contributed by atoms with Crippen LogP contribution < -0.4 is 14.9 Å². The second-order valence-corrected chi connectivity index (χ2v) is 9.74. The van der Waals surface area contributed by atoms with Gasteiger partial charge >= 0.3 is 0 Å². The average molecular weight is 470 g/mol. The van der Waals surface area contributed by atoms with Gasteiger partial charge in [0.1, 0.15) is 11.8 Å². The third kappa shape index (κ3) is 6.01. The van der Waals surface area contributed by atoms with Gasteiger partial charge < -0.3 is 15.1 Å². The van der Waals surface area contributed by atoms with E-state index < -0.39 is 27.9 Å². The third-order valence-electron chi connectivity index (χ3n) is 4.98. The number of carbonyl (C=O) groups is 2. The molecule has 0 spiro atoms. The molecule has 1 heterocycles. The van der Waals surface area contributed by atoms with Gasteiger partial charge in [0.2, 0.25) is 15.9 Å². The molecule has 33 heavy (non-hydrogen) atoms. The number of carbonyl (C=O) groups excluding carboxylic acids is 2. The number of furan rings is 1. The van der Waals surface area contributed by atoms with Gasteiger partial charge in [-0.3, -0.25) is 13.9 Å². The lowest BCUT2D eigenvalue weighted by atomic mass is 10.1. The predicted molar refractivity (Wildman–Crippen MR) is 128 cm³/mol. The summed E-state index contributed by atoms with van der Waals surface area (Å²) in [6.45, 7) is 5.42. The van der Waals surface area contributed by atoms with E-state index in [0.717, 1.165) is 21.7 Å². The number of anilines is 2. The number of rotatable bonds is 8. The standard InChI is InChI=1S/C24H27N3O5S/c1-16-12-17(2)14-19(13-16)27(33(4,30)31)18(3)23(28)26-22-10-6-5-9-21(22)24(29)25-15-20-8-7-11-32-20/h5-14,18H,15H2,1-4H3,(H,25,29)(H,26,28). The summed E-state index contributed by atoms with van der Waals surface area (Å²) < 4.78 is 31.5. The fourth-order valence-electron chi connectivity index (χ4n) is 3.59. The maximum absolute atomic E-state index is 13.1. The molecule has 0 saturated heterocycles. The summed E-state index contributed by atoms with van der Waals surface area (Å²) in [5, 5.41) is 5.45. The minimum atomic E-state index is -3.77. The van der Waals surface area contributed by atoms with Gasteiger partial charge in [-0.25, -0.2) is 8.42 Å². The summed E-state index contributed by atoms with van der Waals surface area (Å²) in [5.41, 5.74) is 2.69. The SMILES string of the molecule is Cc1cc(C)cc(N(C(C)C(=O)Nc2ccccc2C(=O)NCc2ccco2)S(C)(=O)=O)c1. The zero-order chi connectivity index (χ0) is 24.2. The van der Waals surface area contributed by atoms with Crippen molar-refractivity contribution in [2.45, 2.75) is 33.4 Å². The number of hydrogen-bond acceptors (Lipinski definition) is 5. The number of para-hydroxylation sites is 1. The molecular formula is C24H27N3O5S. The predicted octanol–water partition coefficient (Wildman–Crippen LogP) is 3.62. The van der Waals surface area contributed by atoms with Gasteiger partial charge in [-0.05, 0) is 68.3 Å². The zero-order valence-corrected chi connectivity index (χ0v) is 19.8. The van der Waals surface area contributed by atoms with Crippen LogP contribution in [0.4, 0.5) is 11.4 Å². The highest BCUT2D eigenvalue weighted by Crippen LogP contribution is 2.25. The maximum atomic E-state index is 13.1. The molecule has 0 radical (unpaired) electrons. The Labute approximate surface area is 193 Å². The number of nitrogens with zero attached hydrogens (tertiary/aromatic N) is 1.